The monoisotopic (exact) mass is 490 g/mol. The van der Waals surface area contributed by atoms with Gasteiger partial charge in [0.1, 0.15) is 12.2 Å². The van der Waals surface area contributed by atoms with Crippen LogP contribution in [0.25, 0.3) is 11.3 Å². The van der Waals surface area contributed by atoms with Crippen LogP contribution < -0.4 is 10.2 Å². The van der Waals surface area contributed by atoms with Crippen LogP contribution in [-0.4, -0.2) is 46.1 Å². The number of cyclic esters (lactones) is 1. The molecule has 1 saturated heterocycles. The first kappa shape index (κ1) is 25.0. The van der Waals surface area contributed by atoms with Crippen molar-refractivity contribution in [1.82, 2.24) is 9.78 Å². The lowest BCUT2D eigenvalue weighted by atomic mass is 10.0. The van der Waals surface area contributed by atoms with Gasteiger partial charge in [-0.1, -0.05) is 32.0 Å². The quantitative estimate of drug-likeness (QED) is 0.502. The fourth-order valence-electron chi connectivity index (χ4n) is 3.88. The number of rotatable bonds is 5. The molecule has 2 heterocycles. The summed E-state index contributed by atoms with van der Waals surface area (Å²) in [5.41, 5.74) is 2.19. The Morgan fingerprint density at radius 2 is 1.78 bits per heavy atom. The molecule has 0 bridgehead atoms. The van der Waals surface area contributed by atoms with E-state index in [4.69, 9.17) is 9.47 Å². The number of amides is 2. The molecule has 2 amide bonds. The summed E-state index contributed by atoms with van der Waals surface area (Å²) in [6.45, 7) is 9.77. The van der Waals surface area contributed by atoms with Crippen molar-refractivity contribution in [1.29, 1.82) is 0 Å². The van der Waals surface area contributed by atoms with Crippen molar-refractivity contribution in [3.05, 3.63) is 66.4 Å². The van der Waals surface area contributed by atoms with Crippen LogP contribution in [0.2, 0.25) is 0 Å². The van der Waals surface area contributed by atoms with E-state index in [0.29, 0.717) is 34.8 Å². The fraction of sp³-hybridized carbons (Fsp3) is 0.333. The van der Waals surface area contributed by atoms with Crippen molar-refractivity contribution >= 4 is 29.5 Å². The highest BCUT2D eigenvalue weighted by Gasteiger charge is 2.36. The Hall–Kier alpha value is -4.14. The van der Waals surface area contributed by atoms with Gasteiger partial charge < -0.3 is 14.8 Å². The second-order valence-electron chi connectivity index (χ2n) is 9.93. The molecule has 1 fully saturated rings. The highest BCUT2D eigenvalue weighted by atomic mass is 16.6. The van der Waals surface area contributed by atoms with Gasteiger partial charge in [-0.2, -0.15) is 9.78 Å². The minimum atomic E-state index is -0.643. The molecule has 0 radical (unpaired) electrons. The lowest BCUT2D eigenvalue weighted by molar-refractivity contribution is 0.0514. The van der Waals surface area contributed by atoms with E-state index in [1.165, 1.54) is 6.20 Å². The maximum absolute atomic E-state index is 13.0. The zero-order valence-corrected chi connectivity index (χ0v) is 21.0. The van der Waals surface area contributed by atoms with Crippen molar-refractivity contribution in [3.8, 4) is 11.3 Å². The molecule has 0 saturated carbocycles. The van der Waals surface area contributed by atoms with E-state index in [1.807, 2.05) is 26.0 Å². The molecule has 188 valence electrons. The molecule has 2 aromatic carbocycles. The summed E-state index contributed by atoms with van der Waals surface area (Å²) in [6.07, 6.45) is 0.553. The second-order valence-corrected chi connectivity index (χ2v) is 9.93. The van der Waals surface area contributed by atoms with E-state index in [-0.39, 0.29) is 24.0 Å². The molecule has 9 nitrogen and oxygen atoms in total. The van der Waals surface area contributed by atoms with Gasteiger partial charge in [-0.05, 0) is 63.1 Å². The number of ether oxygens (including phenoxy) is 2. The van der Waals surface area contributed by atoms with Crippen LogP contribution in [0.5, 0.6) is 0 Å². The SMILES string of the molecule is CC(C)[C@H]1COC(=O)N1c1ccc(C(=O)Nc2ccccc2-c2ccn(C(=O)OC(C)(C)C)n2)cc1. The molecule has 1 atom stereocenters. The topological polar surface area (TPSA) is 103 Å². The van der Waals surface area contributed by atoms with Crippen LogP contribution in [0.3, 0.4) is 0 Å². The van der Waals surface area contributed by atoms with Crippen LogP contribution >= 0.6 is 0 Å². The number of aromatic nitrogens is 2. The number of benzene rings is 2. The lowest BCUT2D eigenvalue weighted by Gasteiger charge is -2.24. The van der Waals surface area contributed by atoms with Crippen LogP contribution in [-0.2, 0) is 9.47 Å². The second kappa shape index (κ2) is 9.85. The van der Waals surface area contributed by atoms with E-state index in [2.05, 4.69) is 10.4 Å². The Morgan fingerprint density at radius 3 is 2.44 bits per heavy atom. The Kier molecular flexibility index (Phi) is 6.83. The molecule has 1 aliphatic heterocycles. The summed E-state index contributed by atoms with van der Waals surface area (Å²) >= 11 is 0. The number of nitrogens with zero attached hydrogens (tertiary/aromatic N) is 3. The van der Waals surface area contributed by atoms with Crippen molar-refractivity contribution in [2.24, 2.45) is 5.92 Å². The minimum absolute atomic E-state index is 0.0514. The number of hydrogen-bond donors (Lipinski definition) is 1. The Morgan fingerprint density at radius 1 is 1.08 bits per heavy atom. The smallest absolute Gasteiger partial charge is 0.435 e. The maximum Gasteiger partial charge on any atom is 0.435 e. The van der Waals surface area contributed by atoms with Crippen LogP contribution in [0.1, 0.15) is 45.0 Å². The summed E-state index contributed by atoms with van der Waals surface area (Å²) in [5, 5.41) is 7.25. The number of nitrogens with one attached hydrogen (secondary N) is 1. The minimum Gasteiger partial charge on any atom is -0.447 e. The molecular formula is C27H30N4O5. The van der Waals surface area contributed by atoms with E-state index in [0.717, 1.165) is 4.68 Å². The predicted molar refractivity (Wildman–Crippen MR) is 136 cm³/mol. The molecule has 4 rings (SSSR count). The molecule has 3 aromatic rings. The first-order valence-corrected chi connectivity index (χ1v) is 11.8. The van der Waals surface area contributed by atoms with Gasteiger partial charge in [-0.3, -0.25) is 9.69 Å². The summed E-state index contributed by atoms with van der Waals surface area (Å²) in [7, 11) is 0. The average Bonchev–Trinajstić information content (AvgIpc) is 3.46. The van der Waals surface area contributed by atoms with Crippen LogP contribution in [0.4, 0.5) is 21.0 Å². The Balaban J connectivity index is 1.51. The average molecular weight is 491 g/mol. The van der Waals surface area contributed by atoms with E-state index in [1.54, 1.807) is 68.1 Å². The lowest BCUT2D eigenvalue weighted by Crippen LogP contribution is -2.37. The molecule has 0 spiro atoms. The standard InChI is InChI=1S/C27H30N4O5/c1-17(2)23-16-35-26(34)31(23)19-12-10-18(11-13-19)24(32)28-21-9-7-6-8-20(21)22-14-15-30(29-22)25(33)36-27(3,4)5/h6-15,17,23H,16H2,1-5H3,(H,28,32)/t23-/m1/s1. The highest BCUT2D eigenvalue weighted by molar-refractivity contribution is 6.06. The number of carbonyl (C=O) groups excluding carboxylic acids is 3. The highest BCUT2D eigenvalue weighted by Crippen LogP contribution is 2.29. The molecule has 9 heteroatoms. The van der Waals surface area contributed by atoms with Crippen molar-refractivity contribution in [2.75, 3.05) is 16.8 Å². The third-order valence-corrected chi connectivity index (χ3v) is 5.70. The molecule has 36 heavy (non-hydrogen) atoms. The maximum atomic E-state index is 13.0. The fourth-order valence-corrected chi connectivity index (χ4v) is 3.88. The molecule has 1 N–H and O–H groups in total. The largest absolute Gasteiger partial charge is 0.447 e. The van der Waals surface area contributed by atoms with E-state index >= 15 is 0 Å². The van der Waals surface area contributed by atoms with E-state index < -0.39 is 11.7 Å². The van der Waals surface area contributed by atoms with Gasteiger partial charge >= 0.3 is 12.2 Å². The van der Waals surface area contributed by atoms with Gasteiger partial charge in [0.05, 0.1) is 17.4 Å². The predicted octanol–water partition coefficient (Wildman–Crippen LogP) is 5.57. The van der Waals surface area contributed by atoms with Gasteiger partial charge in [-0.25, -0.2) is 9.59 Å². The zero-order valence-electron chi connectivity index (χ0n) is 21.0. The third kappa shape index (κ3) is 5.40. The summed E-state index contributed by atoms with van der Waals surface area (Å²) in [5.74, 6) is -0.0836. The van der Waals surface area contributed by atoms with Crippen molar-refractivity contribution < 1.29 is 23.9 Å². The van der Waals surface area contributed by atoms with Gasteiger partial charge in [0.25, 0.3) is 5.91 Å². The number of anilines is 2. The first-order chi connectivity index (χ1) is 17.0. The van der Waals surface area contributed by atoms with Gasteiger partial charge in [0.2, 0.25) is 0 Å². The summed E-state index contributed by atoms with van der Waals surface area (Å²) in [4.78, 5) is 39.2. The molecule has 1 aliphatic rings. The Labute approximate surface area is 210 Å². The van der Waals surface area contributed by atoms with Crippen molar-refractivity contribution in [3.63, 3.8) is 0 Å². The molecular weight excluding hydrogens is 460 g/mol. The zero-order chi connectivity index (χ0) is 26.0. The molecule has 0 unspecified atom stereocenters. The summed E-state index contributed by atoms with van der Waals surface area (Å²) in [6, 6.07) is 15.7. The normalized spacial score (nSPS) is 15.7. The number of carbonyl (C=O) groups is 3. The molecule has 0 aliphatic carbocycles. The first-order valence-electron chi connectivity index (χ1n) is 11.8. The van der Waals surface area contributed by atoms with Crippen LogP contribution in [0.15, 0.2) is 60.8 Å². The third-order valence-electron chi connectivity index (χ3n) is 5.70. The number of para-hydroxylation sites is 1. The van der Waals surface area contributed by atoms with Gasteiger partial charge in [0.15, 0.2) is 0 Å². The van der Waals surface area contributed by atoms with E-state index in [9.17, 15) is 14.4 Å². The Bertz CT molecular complexity index is 1270. The van der Waals surface area contributed by atoms with Gasteiger partial charge in [0, 0.05) is 23.0 Å². The molecule has 1 aromatic heterocycles. The summed E-state index contributed by atoms with van der Waals surface area (Å²) < 4.78 is 11.7. The van der Waals surface area contributed by atoms with Crippen molar-refractivity contribution in [2.45, 2.75) is 46.3 Å². The van der Waals surface area contributed by atoms with Crippen LogP contribution in [0, 0.1) is 5.92 Å². The van der Waals surface area contributed by atoms with Gasteiger partial charge in [-0.15, -0.1) is 0 Å². The number of hydrogen-bond acceptors (Lipinski definition) is 6.